The molecule has 2 aromatic heterocycles. The minimum absolute atomic E-state index is 0.164. The average Bonchev–Trinajstić information content (AvgIpc) is 2.85. The van der Waals surface area contributed by atoms with E-state index in [4.69, 9.17) is 15.2 Å². The number of rotatable bonds is 6. The van der Waals surface area contributed by atoms with Crippen LogP contribution >= 0.6 is 0 Å². The summed E-state index contributed by atoms with van der Waals surface area (Å²) < 4.78 is 9.54. The third-order valence-corrected chi connectivity index (χ3v) is 4.82. The summed E-state index contributed by atoms with van der Waals surface area (Å²) in [5.74, 6) is -0.553. The van der Waals surface area contributed by atoms with Gasteiger partial charge in [-0.2, -0.15) is 0 Å². The molecule has 0 fully saturated rings. The summed E-state index contributed by atoms with van der Waals surface area (Å²) in [5.41, 5.74) is 8.88. The van der Waals surface area contributed by atoms with E-state index in [1.165, 1.54) is 38.7 Å². The number of nitrogens with two attached hydrogens (primary N) is 1. The summed E-state index contributed by atoms with van der Waals surface area (Å²) in [6.07, 6.45) is 3.06. The number of hydrogen-bond acceptors (Lipinski definition) is 10. The first kappa shape index (κ1) is 21.5. The van der Waals surface area contributed by atoms with Crippen molar-refractivity contribution in [2.24, 2.45) is 0 Å². The number of benzene rings is 2. The Morgan fingerprint density at radius 1 is 0.848 bits per heavy atom. The molecule has 0 saturated carbocycles. The number of anilines is 5. The number of nitrogens with zero attached hydrogens (tertiary/aromatic N) is 3. The normalized spacial score (nSPS) is 10.5. The van der Waals surface area contributed by atoms with Crippen LogP contribution in [0.1, 0.15) is 20.7 Å². The van der Waals surface area contributed by atoms with E-state index in [-0.39, 0.29) is 22.6 Å². The van der Waals surface area contributed by atoms with Crippen molar-refractivity contribution < 1.29 is 19.1 Å². The molecule has 33 heavy (non-hydrogen) atoms. The molecule has 0 unspecified atom stereocenters. The number of esters is 2. The Kier molecular flexibility index (Phi) is 5.98. The second kappa shape index (κ2) is 9.18. The van der Waals surface area contributed by atoms with E-state index >= 15 is 0 Å². The number of hydrogen-bond donors (Lipinski definition) is 3. The summed E-state index contributed by atoms with van der Waals surface area (Å²) in [4.78, 5) is 36.9. The predicted molar refractivity (Wildman–Crippen MR) is 124 cm³/mol. The van der Waals surface area contributed by atoms with Gasteiger partial charge in [0.25, 0.3) is 0 Å². The average molecular weight is 444 g/mol. The van der Waals surface area contributed by atoms with Gasteiger partial charge in [0.2, 0.25) is 0 Å². The lowest BCUT2D eigenvalue weighted by molar-refractivity contribution is 0.0599. The van der Waals surface area contributed by atoms with E-state index in [1.807, 2.05) is 30.3 Å². The van der Waals surface area contributed by atoms with Crippen molar-refractivity contribution in [1.29, 1.82) is 0 Å². The molecule has 0 aliphatic rings. The van der Waals surface area contributed by atoms with Crippen LogP contribution in [0.15, 0.2) is 61.1 Å². The van der Waals surface area contributed by atoms with Gasteiger partial charge in [0, 0.05) is 23.0 Å². The summed E-state index contributed by atoms with van der Waals surface area (Å²) in [5, 5.41) is 7.15. The minimum Gasteiger partial charge on any atom is -0.465 e. The molecule has 0 saturated heterocycles. The number of aromatic nitrogens is 3. The van der Waals surface area contributed by atoms with Crippen molar-refractivity contribution in [3.8, 4) is 0 Å². The molecular weight excluding hydrogens is 424 g/mol. The number of carbonyl (C=O) groups is 2. The first-order valence-electron chi connectivity index (χ1n) is 9.80. The van der Waals surface area contributed by atoms with Gasteiger partial charge in [-0.15, -0.1) is 0 Å². The fraction of sp³-hybridized carbons (Fsp3) is 0.0870. The Labute approximate surface area is 188 Å². The van der Waals surface area contributed by atoms with Gasteiger partial charge < -0.3 is 25.8 Å². The highest BCUT2D eigenvalue weighted by Gasteiger charge is 2.16. The van der Waals surface area contributed by atoms with Gasteiger partial charge in [0.05, 0.1) is 30.9 Å². The Bertz CT molecular complexity index is 1320. The van der Waals surface area contributed by atoms with Gasteiger partial charge in [-0.3, -0.25) is 4.98 Å². The zero-order chi connectivity index (χ0) is 23.4. The number of fused-ring (bicyclic) bond motifs is 1. The number of nitrogen functional groups attached to an aromatic ring is 1. The van der Waals surface area contributed by atoms with E-state index in [0.29, 0.717) is 11.5 Å². The number of ether oxygens (including phenoxy) is 2. The maximum atomic E-state index is 12.0. The zero-order valence-electron chi connectivity index (χ0n) is 17.8. The van der Waals surface area contributed by atoms with Gasteiger partial charge in [0.1, 0.15) is 12.0 Å². The van der Waals surface area contributed by atoms with Gasteiger partial charge in [-0.05, 0) is 42.5 Å². The van der Waals surface area contributed by atoms with Crippen molar-refractivity contribution in [3.63, 3.8) is 0 Å². The van der Waals surface area contributed by atoms with Crippen molar-refractivity contribution in [3.05, 3.63) is 72.2 Å². The lowest BCUT2D eigenvalue weighted by atomic mass is 10.1. The number of nitrogens with one attached hydrogen (secondary N) is 2. The Hall–Kier alpha value is -4.73. The molecule has 0 amide bonds. The molecular formula is C23H20N6O4. The smallest absolute Gasteiger partial charge is 0.337 e. The first-order valence-corrected chi connectivity index (χ1v) is 9.80. The van der Waals surface area contributed by atoms with Gasteiger partial charge in [0.15, 0.2) is 11.6 Å². The molecule has 10 nitrogen and oxygen atoms in total. The van der Waals surface area contributed by atoms with Crippen LogP contribution in [0.3, 0.4) is 0 Å². The van der Waals surface area contributed by atoms with E-state index in [2.05, 4.69) is 25.6 Å². The molecule has 4 rings (SSSR count). The maximum absolute atomic E-state index is 12.0. The Morgan fingerprint density at radius 3 is 2.18 bits per heavy atom. The SMILES string of the molecule is COC(=O)c1cc(Nc2ncnc(Nc3cccc4ncccc34)c2N)cc(C(=O)OC)c1. The van der Waals surface area contributed by atoms with Crippen LogP contribution in [0, 0.1) is 0 Å². The third-order valence-electron chi connectivity index (χ3n) is 4.82. The summed E-state index contributed by atoms with van der Waals surface area (Å²) in [6, 6.07) is 13.9. The largest absolute Gasteiger partial charge is 0.465 e. The molecule has 0 spiro atoms. The Morgan fingerprint density at radius 2 is 1.52 bits per heavy atom. The van der Waals surface area contributed by atoms with Crippen molar-refractivity contribution >= 4 is 51.5 Å². The lowest BCUT2D eigenvalue weighted by Crippen LogP contribution is -2.09. The number of methoxy groups -OCH3 is 2. The van der Waals surface area contributed by atoms with Crippen LogP contribution in [-0.4, -0.2) is 41.1 Å². The van der Waals surface area contributed by atoms with Crippen molar-refractivity contribution in [2.75, 3.05) is 30.6 Å². The zero-order valence-corrected chi connectivity index (χ0v) is 17.8. The molecule has 0 aliphatic heterocycles. The van der Waals surface area contributed by atoms with Gasteiger partial charge in [-0.25, -0.2) is 19.6 Å². The highest BCUT2D eigenvalue weighted by Crippen LogP contribution is 2.31. The van der Waals surface area contributed by atoms with Crippen LogP contribution in [-0.2, 0) is 9.47 Å². The highest BCUT2D eigenvalue weighted by molar-refractivity contribution is 5.98. The fourth-order valence-corrected chi connectivity index (χ4v) is 3.24. The fourth-order valence-electron chi connectivity index (χ4n) is 3.24. The van der Waals surface area contributed by atoms with E-state index < -0.39 is 11.9 Å². The van der Waals surface area contributed by atoms with Crippen LogP contribution in [0.25, 0.3) is 10.9 Å². The standard InChI is InChI=1S/C23H20N6O4/c1-32-22(30)13-9-14(23(31)33-2)11-15(10-13)28-20-19(24)21(27-12-26-20)29-18-7-3-6-17-16(18)5-4-8-25-17/h3-12H,24H2,1-2H3,(H2,26,27,28,29). The van der Waals surface area contributed by atoms with E-state index in [1.54, 1.807) is 6.20 Å². The topological polar surface area (TPSA) is 141 Å². The van der Waals surface area contributed by atoms with Crippen molar-refractivity contribution in [1.82, 2.24) is 15.0 Å². The molecule has 0 aliphatic carbocycles. The summed E-state index contributed by atoms with van der Waals surface area (Å²) in [6.45, 7) is 0. The molecule has 4 N–H and O–H groups in total. The second-order valence-electron chi connectivity index (χ2n) is 6.89. The molecule has 0 bridgehead atoms. The maximum Gasteiger partial charge on any atom is 0.337 e. The summed E-state index contributed by atoms with van der Waals surface area (Å²) in [7, 11) is 2.51. The molecule has 2 heterocycles. The van der Waals surface area contributed by atoms with Gasteiger partial charge >= 0.3 is 11.9 Å². The van der Waals surface area contributed by atoms with Crippen LogP contribution in [0.5, 0.6) is 0 Å². The van der Waals surface area contributed by atoms with Crippen molar-refractivity contribution in [2.45, 2.75) is 0 Å². The van der Waals surface area contributed by atoms with Crippen LogP contribution in [0.4, 0.5) is 28.7 Å². The molecule has 10 heteroatoms. The highest BCUT2D eigenvalue weighted by atomic mass is 16.5. The van der Waals surface area contributed by atoms with Crippen LogP contribution < -0.4 is 16.4 Å². The monoisotopic (exact) mass is 444 g/mol. The molecule has 166 valence electrons. The Balaban J connectivity index is 1.68. The lowest BCUT2D eigenvalue weighted by Gasteiger charge is -2.14. The molecule has 0 radical (unpaired) electrons. The molecule has 2 aromatic carbocycles. The quantitative estimate of drug-likeness (QED) is 0.377. The predicted octanol–water partition coefficient (Wildman–Crippen LogP) is 3.67. The third kappa shape index (κ3) is 4.49. The molecule has 4 aromatic rings. The van der Waals surface area contributed by atoms with E-state index in [0.717, 1.165) is 16.6 Å². The second-order valence-corrected chi connectivity index (χ2v) is 6.89. The first-order chi connectivity index (χ1) is 16.0. The summed E-state index contributed by atoms with van der Waals surface area (Å²) >= 11 is 0. The minimum atomic E-state index is -0.605. The van der Waals surface area contributed by atoms with Crippen LogP contribution in [0.2, 0.25) is 0 Å². The van der Waals surface area contributed by atoms with E-state index in [9.17, 15) is 9.59 Å². The number of pyridine rings is 1. The van der Waals surface area contributed by atoms with Gasteiger partial charge in [-0.1, -0.05) is 6.07 Å². The molecule has 0 atom stereocenters. The number of carbonyl (C=O) groups excluding carboxylic acids is 2.